The third-order valence-electron chi connectivity index (χ3n) is 7.34. The Morgan fingerprint density at radius 1 is 0.814 bits per heavy atom. The van der Waals surface area contributed by atoms with Crippen LogP contribution in [0.1, 0.15) is 44.6 Å². The Morgan fingerprint density at radius 2 is 1.35 bits per heavy atom. The summed E-state index contributed by atoms with van der Waals surface area (Å²) >= 11 is 0. The van der Waals surface area contributed by atoms with Crippen molar-refractivity contribution in [2.45, 2.75) is 44.6 Å². The fourth-order valence-corrected chi connectivity index (χ4v) is 4.83. The molecule has 0 radical (unpaired) electrons. The van der Waals surface area contributed by atoms with Crippen LogP contribution >= 0.6 is 0 Å². The van der Waals surface area contributed by atoms with E-state index >= 15 is 0 Å². The summed E-state index contributed by atoms with van der Waals surface area (Å²) in [5.74, 6) is 5.24. The molecule has 1 aromatic carbocycles. The SMILES string of the molecule is CCN(CC#CCOC(=O)C(O)(c1ccccc1)C1CCCCC1)CCOCCOCCOCCOCCOCCOC. The summed E-state index contributed by atoms with van der Waals surface area (Å²) < 4.78 is 37.8. The lowest BCUT2D eigenvalue weighted by molar-refractivity contribution is -0.174. The highest BCUT2D eigenvalue weighted by atomic mass is 16.6. The number of carbonyl (C=O) groups is 1. The lowest BCUT2D eigenvalue weighted by Gasteiger charge is -2.36. The van der Waals surface area contributed by atoms with Crippen molar-refractivity contribution in [1.29, 1.82) is 0 Å². The molecule has 2 rings (SSSR count). The number of nitrogens with zero attached hydrogens (tertiary/aromatic N) is 1. The zero-order valence-corrected chi connectivity index (χ0v) is 26.3. The third kappa shape index (κ3) is 15.5. The molecule has 1 unspecified atom stereocenters. The summed E-state index contributed by atoms with van der Waals surface area (Å²) in [4.78, 5) is 15.3. The van der Waals surface area contributed by atoms with Gasteiger partial charge in [-0.3, -0.25) is 4.90 Å². The predicted octanol–water partition coefficient (Wildman–Crippen LogP) is 3.05. The normalized spacial score (nSPS) is 15.2. The van der Waals surface area contributed by atoms with Crippen molar-refractivity contribution in [1.82, 2.24) is 4.90 Å². The monoisotopic (exact) mass is 607 g/mol. The summed E-state index contributed by atoms with van der Waals surface area (Å²) in [6.07, 6.45) is 4.77. The second-order valence-electron chi connectivity index (χ2n) is 10.3. The van der Waals surface area contributed by atoms with E-state index in [1.807, 2.05) is 18.2 Å². The number of methoxy groups -OCH3 is 1. The first-order valence-electron chi connectivity index (χ1n) is 15.6. The Balaban J connectivity index is 1.51. The molecule has 1 fully saturated rings. The highest BCUT2D eigenvalue weighted by Crippen LogP contribution is 2.40. The van der Waals surface area contributed by atoms with Gasteiger partial charge in [-0.05, 0) is 24.9 Å². The van der Waals surface area contributed by atoms with Crippen LogP contribution in [-0.4, -0.2) is 122 Å². The van der Waals surface area contributed by atoms with Gasteiger partial charge in [0, 0.05) is 19.6 Å². The first-order chi connectivity index (χ1) is 21.1. The molecule has 43 heavy (non-hydrogen) atoms. The van der Waals surface area contributed by atoms with Gasteiger partial charge in [0.05, 0.1) is 79.2 Å². The summed E-state index contributed by atoms with van der Waals surface area (Å²) in [5, 5.41) is 11.6. The standard InChI is InChI=1S/C33H53NO9/c1-3-34(17-19-38-22-23-40-26-27-42-29-28-41-25-24-39-21-20-37-2)16-10-11-18-43-32(35)33(36,30-12-6-4-7-13-30)31-14-8-5-9-15-31/h4,6-7,12-13,31,36H,3,5,8-9,14-29H2,1-2H3. The van der Waals surface area contributed by atoms with Gasteiger partial charge in [0.2, 0.25) is 0 Å². The van der Waals surface area contributed by atoms with E-state index in [0.717, 1.165) is 45.2 Å². The largest absolute Gasteiger partial charge is 0.450 e. The van der Waals surface area contributed by atoms with Gasteiger partial charge in [-0.1, -0.05) is 68.4 Å². The van der Waals surface area contributed by atoms with E-state index in [9.17, 15) is 9.90 Å². The summed E-state index contributed by atoms with van der Waals surface area (Å²) in [5.41, 5.74) is -1.05. The van der Waals surface area contributed by atoms with E-state index in [4.69, 9.17) is 33.2 Å². The topological polar surface area (TPSA) is 105 Å². The second kappa shape index (κ2) is 24.3. The van der Waals surface area contributed by atoms with Gasteiger partial charge in [-0.25, -0.2) is 4.79 Å². The van der Waals surface area contributed by atoms with Crippen LogP contribution in [0.2, 0.25) is 0 Å². The van der Waals surface area contributed by atoms with E-state index in [1.54, 1.807) is 19.2 Å². The highest BCUT2D eigenvalue weighted by Gasteiger charge is 2.47. The van der Waals surface area contributed by atoms with E-state index < -0.39 is 11.6 Å². The minimum absolute atomic E-state index is 0.0485. The van der Waals surface area contributed by atoms with Gasteiger partial charge in [-0.15, -0.1) is 0 Å². The molecule has 10 nitrogen and oxygen atoms in total. The smallest absolute Gasteiger partial charge is 0.344 e. The number of carbonyl (C=O) groups excluding carboxylic acids is 1. The fourth-order valence-electron chi connectivity index (χ4n) is 4.83. The molecule has 0 aliphatic heterocycles. The maximum atomic E-state index is 13.1. The van der Waals surface area contributed by atoms with Crippen molar-refractivity contribution in [3.05, 3.63) is 35.9 Å². The molecule has 1 aliphatic carbocycles. The van der Waals surface area contributed by atoms with Gasteiger partial charge < -0.3 is 38.3 Å². The zero-order valence-electron chi connectivity index (χ0n) is 26.3. The van der Waals surface area contributed by atoms with Crippen molar-refractivity contribution in [3.8, 4) is 11.8 Å². The Morgan fingerprint density at radius 3 is 1.88 bits per heavy atom. The maximum absolute atomic E-state index is 13.1. The number of rotatable bonds is 24. The molecule has 1 N–H and O–H groups in total. The van der Waals surface area contributed by atoms with E-state index in [2.05, 4.69) is 23.7 Å². The quantitative estimate of drug-likeness (QED) is 0.107. The van der Waals surface area contributed by atoms with Crippen LogP contribution in [0.25, 0.3) is 0 Å². The minimum Gasteiger partial charge on any atom is -0.450 e. The van der Waals surface area contributed by atoms with Crippen LogP contribution in [-0.2, 0) is 43.6 Å². The first kappa shape index (κ1) is 37.1. The van der Waals surface area contributed by atoms with Gasteiger partial charge in [-0.2, -0.15) is 0 Å². The molecule has 10 heteroatoms. The molecule has 1 aliphatic rings. The summed E-state index contributed by atoms with van der Waals surface area (Å²) in [6.45, 7) is 10.0. The fraction of sp³-hybridized carbons (Fsp3) is 0.727. The Kier molecular flexibility index (Phi) is 21.0. The van der Waals surface area contributed by atoms with Gasteiger partial charge >= 0.3 is 5.97 Å². The van der Waals surface area contributed by atoms with Gasteiger partial charge in [0.1, 0.15) is 0 Å². The Labute approximate surface area is 258 Å². The van der Waals surface area contributed by atoms with Crippen molar-refractivity contribution in [2.75, 3.05) is 106 Å². The molecular formula is C33H53NO9. The van der Waals surface area contributed by atoms with Crippen LogP contribution in [0, 0.1) is 17.8 Å². The third-order valence-corrected chi connectivity index (χ3v) is 7.34. The van der Waals surface area contributed by atoms with Gasteiger partial charge in [0.25, 0.3) is 0 Å². The lowest BCUT2D eigenvalue weighted by Crippen LogP contribution is -2.45. The summed E-state index contributed by atoms with van der Waals surface area (Å²) in [6, 6.07) is 9.15. The molecule has 244 valence electrons. The van der Waals surface area contributed by atoms with Crippen LogP contribution in [0.15, 0.2) is 30.3 Å². The molecule has 1 saturated carbocycles. The van der Waals surface area contributed by atoms with Crippen molar-refractivity contribution >= 4 is 5.97 Å². The molecule has 0 bridgehead atoms. The number of hydrogen-bond donors (Lipinski definition) is 1. The van der Waals surface area contributed by atoms with E-state index in [1.165, 1.54) is 0 Å². The molecule has 0 aromatic heterocycles. The highest BCUT2D eigenvalue weighted by molar-refractivity contribution is 5.81. The molecule has 1 atom stereocenters. The van der Waals surface area contributed by atoms with Crippen molar-refractivity contribution in [2.24, 2.45) is 5.92 Å². The second-order valence-corrected chi connectivity index (χ2v) is 10.3. The average Bonchev–Trinajstić information content (AvgIpc) is 3.05. The lowest BCUT2D eigenvalue weighted by atomic mass is 9.73. The van der Waals surface area contributed by atoms with Crippen LogP contribution in [0.4, 0.5) is 0 Å². The zero-order chi connectivity index (χ0) is 30.9. The van der Waals surface area contributed by atoms with Crippen LogP contribution < -0.4 is 0 Å². The Bertz CT molecular complexity index is 885. The first-order valence-corrected chi connectivity index (χ1v) is 15.6. The van der Waals surface area contributed by atoms with Gasteiger partial charge in [0.15, 0.2) is 12.2 Å². The molecule has 0 heterocycles. The molecular weight excluding hydrogens is 554 g/mol. The molecule has 0 spiro atoms. The predicted molar refractivity (Wildman–Crippen MR) is 164 cm³/mol. The van der Waals surface area contributed by atoms with E-state index in [0.29, 0.717) is 84.8 Å². The van der Waals surface area contributed by atoms with E-state index in [-0.39, 0.29) is 12.5 Å². The molecule has 0 saturated heterocycles. The van der Waals surface area contributed by atoms with Crippen LogP contribution in [0.3, 0.4) is 0 Å². The summed E-state index contributed by atoms with van der Waals surface area (Å²) in [7, 11) is 1.64. The minimum atomic E-state index is -1.64. The average molecular weight is 608 g/mol. The Hall–Kier alpha value is -2.07. The number of aliphatic hydroxyl groups is 1. The number of benzene rings is 1. The number of esters is 1. The van der Waals surface area contributed by atoms with Crippen molar-refractivity contribution in [3.63, 3.8) is 0 Å². The molecule has 0 amide bonds. The van der Waals surface area contributed by atoms with Crippen LogP contribution in [0.5, 0.6) is 0 Å². The molecule has 1 aromatic rings. The number of hydrogen-bond acceptors (Lipinski definition) is 10. The van der Waals surface area contributed by atoms with Crippen molar-refractivity contribution < 1.29 is 43.1 Å². The maximum Gasteiger partial charge on any atom is 0.344 e. The number of ether oxygens (including phenoxy) is 7. The number of likely N-dealkylation sites (N-methyl/N-ethyl adjacent to an activating group) is 1.